The number of non-ortho nitro benzene ring substituents is 1. The van der Waals surface area contributed by atoms with Crippen LogP contribution in [0.5, 0.6) is 0 Å². The summed E-state index contributed by atoms with van der Waals surface area (Å²) in [7, 11) is 0. The zero-order valence-corrected chi connectivity index (χ0v) is 12.2. The van der Waals surface area contributed by atoms with E-state index in [0.29, 0.717) is 16.7 Å². The Hall–Kier alpha value is -2.48. The van der Waals surface area contributed by atoms with E-state index in [-0.39, 0.29) is 11.4 Å². The summed E-state index contributed by atoms with van der Waals surface area (Å²) in [4.78, 5) is 20.6. The molecule has 21 heavy (non-hydrogen) atoms. The Balaban J connectivity index is 2.13. The minimum absolute atomic E-state index is 0.0103. The zero-order chi connectivity index (χ0) is 15.4. The van der Waals surface area contributed by atoms with E-state index < -0.39 is 9.85 Å². The first-order chi connectivity index (χ1) is 9.97. The molecule has 0 spiro atoms. The molecule has 0 heterocycles. The standard InChI is InChI=1S/C13H10BrN3O4/c14-12-5-4-10(7-13(12)17(20)21)15-8-9-2-1-3-11(6-9)16(18)19/h1-7,15H,8H2. The van der Waals surface area contributed by atoms with Crippen molar-refractivity contribution in [2.24, 2.45) is 0 Å². The van der Waals surface area contributed by atoms with Crippen molar-refractivity contribution in [1.29, 1.82) is 0 Å². The van der Waals surface area contributed by atoms with Gasteiger partial charge in [0, 0.05) is 30.4 Å². The van der Waals surface area contributed by atoms with Crippen molar-refractivity contribution in [3.63, 3.8) is 0 Å². The lowest BCUT2D eigenvalue weighted by molar-refractivity contribution is -0.385. The predicted molar refractivity (Wildman–Crippen MR) is 81.2 cm³/mol. The maximum Gasteiger partial charge on any atom is 0.285 e. The molecule has 0 bridgehead atoms. The lowest BCUT2D eigenvalue weighted by Crippen LogP contribution is -2.01. The van der Waals surface area contributed by atoms with Gasteiger partial charge >= 0.3 is 0 Å². The van der Waals surface area contributed by atoms with E-state index in [2.05, 4.69) is 21.2 Å². The Morgan fingerprint density at radius 3 is 2.48 bits per heavy atom. The van der Waals surface area contributed by atoms with Gasteiger partial charge < -0.3 is 5.32 Å². The monoisotopic (exact) mass is 351 g/mol. The highest BCUT2D eigenvalue weighted by atomic mass is 79.9. The summed E-state index contributed by atoms with van der Waals surface area (Å²) in [5.41, 5.74) is 1.25. The lowest BCUT2D eigenvalue weighted by atomic mass is 10.2. The van der Waals surface area contributed by atoms with Gasteiger partial charge in [0.15, 0.2) is 0 Å². The number of hydrogen-bond donors (Lipinski definition) is 1. The summed E-state index contributed by atoms with van der Waals surface area (Å²) >= 11 is 3.11. The first kappa shape index (κ1) is 14.9. The Morgan fingerprint density at radius 1 is 1.05 bits per heavy atom. The first-order valence-corrected chi connectivity index (χ1v) is 6.68. The number of nitro groups is 2. The van der Waals surface area contributed by atoms with Gasteiger partial charge in [-0.3, -0.25) is 20.2 Å². The Bertz CT molecular complexity index is 706. The fraction of sp³-hybridized carbons (Fsp3) is 0.0769. The fourth-order valence-electron chi connectivity index (χ4n) is 1.75. The van der Waals surface area contributed by atoms with Gasteiger partial charge in [-0.2, -0.15) is 0 Å². The number of benzene rings is 2. The summed E-state index contributed by atoms with van der Waals surface area (Å²) in [5.74, 6) is 0. The smallest absolute Gasteiger partial charge is 0.285 e. The minimum Gasteiger partial charge on any atom is -0.381 e. The van der Waals surface area contributed by atoms with Crippen LogP contribution in [0.1, 0.15) is 5.56 Å². The van der Waals surface area contributed by atoms with Crippen molar-refractivity contribution in [2.45, 2.75) is 6.54 Å². The van der Waals surface area contributed by atoms with E-state index in [4.69, 9.17) is 0 Å². The van der Waals surface area contributed by atoms with E-state index in [1.165, 1.54) is 18.2 Å². The molecule has 7 nitrogen and oxygen atoms in total. The van der Waals surface area contributed by atoms with Crippen molar-refractivity contribution in [3.05, 3.63) is 72.7 Å². The van der Waals surface area contributed by atoms with Crippen LogP contribution < -0.4 is 5.32 Å². The number of nitrogens with zero attached hydrogens (tertiary/aromatic N) is 2. The molecule has 0 aliphatic rings. The maximum absolute atomic E-state index is 10.8. The van der Waals surface area contributed by atoms with E-state index in [1.807, 2.05) is 0 Å². The number of halogens is 1. The van der Waals surface area contributed by atoms with Crippen LogP contribution in [0.15, 0.2) is 46.9 Å². The second kappa shape index (κ2) is 6.31. The first-order valence-electron chi connectivity index (χ1n) is 5.88. The van der Waals surface area contributed by atoms with Crippen LogP contribution in [0.2, 0.25) is 0 Å². The number of hydrogen-bond acceptors (Lipinski definition) is 5. The van der Waals surface area contributed by atoms with Gasteiger partial charge in [0.25, 0.3) is 11.4 Å². The van der Waals surface area contributed by atoms with Crippen molar-refractivity contribution < 1.29 is 9.85 Å². The summed E-state index contributed by atoms with van der Waals surface area (Å²) in [6.45, 7) is 0.334. The third-order valence-electron chi connectivity index (χ3n) is 2.76. The molecule has 0 unspecified atom stereocenters. The number of rotatable bonds is 5. The van der Waals surface area contributed by atoms with Gasteiger partial charge in [-0.1, -0.05) is 12.1 Å². The summed E-state index contributed by atoms with van der Waals surface area (Å²) in [6.07, 6.45) is 0. The quantitative estimate of drug-likeness (QED) is 0.650. The normalized spacial score (nSPS) is 10.1. The van der Waals surface area contributed by atoms with Crippen LogP contribution in [0.4, 0.5) is 17.1 Å². The second-order valence-electron chi connectivity index (χ2n) is 4.20. The molecule has 2 aromatic carbocycles. The molecule has 8 heteroatoms. The van der Waals surface area contributed by atoms with Crippen LogP contribution >= 0.6 is 15.9 Å². The molecule has 1 N–H and O–H groups in total. The second-order valence-corrected chi connectivity index (χ2v) is 5.06. The predicted octanol–water partition coefficient (Wildman–Crippen LogP) is 3.88. The molecule has 2 rings (SSSR count). The highest BCUT2D eigenvalue weighted by molar-refractivity contribution is 9.10. The largest absolute Gasteiger partial charge is 0.381 e. The van der Waals surface area contributed by atoms with Gasteiger partial charge in [0.05, 0.1) is 14.3 Å². The average molecular weight is 352 g/mol. The van der Waals surface area contributed by atoms with Crippen LogP contribution in [0.25, 0.3) is 0 Å². The molecule has 0 aliphatic carbocycles. The minimum atomic E-state index is -0.484. The van der Waals surface area contributed by atoms with Crippen molar-refractivity contribution in [1.82, 2.24) is 0 Å². The summed E-state index contributed by atoms with van der Waals surface area (Å²) in [6, 6.07) is 10.9. The summed E-state index contributed by atoms with van der Waals surface area (Å²) < 4.78 is 0.397. The molecule has 0 aliphatic heterocycles. The van der Waals surface area contributed by atoms with E-state index in [9.17, 15) is 20.2 Å². The third kappa shape index (κ3) is 3.76. The molecule has 0 radical (unpaired) electrons. The van der Waals surface area contributed by atoms with Gasteiger partial charge in [-0.05, 0) is 33.6 Å². The summed E-state index contributed by atoms with van der Waals surface area (Å²) in [5, 5.41) is 24.5. The molecule has 0 amide bonds. The molecule has 0 atom stereocenters. The van der Waals surface area contributed by atoms with Crippen LogP contribution in [0, 0.1) is 20.2 Å². The SMILES string of the molecule is O=[N+]([O-])c1cccc(CNc2ccc(Br)c([N+](=O)[O-])c2)c1. The molecule has 0 fully saturated rings. The van der Waals surface area contributed by atoms with Crippen LogP contribution in [-0.4, -0.2) is 9.85 Å². The Morgan fingerprint density at radius 2 is 1.81 bits per heavy atom. The molecule has 108 valence electrons. The topological polar surface area (TPSA) is 98.3 Å². The number of nitrogens with one attached hydrogen (secondary N) is 1. The highest BCUT2D eigenvalue weighted by Gasteiger charge is 2.12. The Labute approximate surface area is 128 Å². The molecular formula is C13H10BrN3O4. The Kier molecular flexibility index (Phi) is 4.49. The zero-order valence-electron chi connectivity index (χ0n) is 10.7. The van der Waals surface area contributed by atoms with Crippen LogP contribution in [0.3, 0.4) is 0 Å². The van der Waals surface area contributed by atoms with Gasteiger partial charge in [-0.15, -0.1) is 0 Å². The molecule has 0 saturated carbocycles. The average Bonchev–Trinajstić information content (AvgIpc) is 2.46. The molecular weight excluding hydrogens is 342 g/mol. The van der Waals surface area contributed by atoms with Crippen molar-refractivity contribution in [2.75, 3.05) is 5.32 Å². The number of anilines is 1. The van der Waals surface area contributed by atoms with Gasteiger partial charge in [0.1, 0.15) is 0 Å². The fourth-order valence-corrected chi connectivity index (χ4v) is 2.14. The van der Waals surface area contributed by atoms with Crippen molar-refractivity contribution >= 4 is 33.0 Å². The van der Waals surface area contributed by atoms with Crippen molar-refractivity contribution in [3.8, 4) is 0 Å². The van der Waals surface area contributed by atoms with E-state index in [1.54, 1.807) is 24.3 Å². The lowest BCUT2D eigenvalue weighted by Gasteiger charge is -2.07. The van der Waals surface area contributed by atoms with Crippen LogP contribution in [-0.2, 0) is 6.54 Å². The highest BCUT2D eigenvalue weighted by Crippen LogP contribution is 2.28. The van der Waals surface area contributed by atoms with E-state index in [0.717, 1.165) is 5.56 Å². The maximum atomic E-state index is 10.8. The van der Waals surface area contributed by atoms with Gasteiger partial charge in [-0.25, -0.2) is 0 Å². The molecule has 0 saturated heterocycles. The molecule has 0 aromatic heterocycles. The molecule has 2 aromatic rings. The van der Waals surface area contributed by atoms with Gasteiger partial charge in [0.2, 0.25) is 0 Å². The third-order valence-corrected chi connectivity index (χ3v) is 3.43. The number of nitro benzene ring substituents is 2. The van der Waals surface area contributed by atoms with E-state index >= 15 is 0 Å².